The van der Waals surface area contributed by atoms with Gasteiger partial charge in [-0.2, -0.15) is 5.10 Å². The second-order valence-electron chi connectivity index (χ2n) is 7.04. The molecule has 2 N–H and O–H groups in total. The molecule has 10 heteroatoms. The number of aromatic nitrogens is 7. The number of nitrogen functional groups attached to an aromatic ring is 1. The standard InChI is InChI=1S/C21H17FN8O/c1-11-16(12(2)31-29-11)18-19(23)25-20(27-26-18)17-14-7-5-9-24-21(14)30(28-17)10-13-6-3-4-8-15(13)22/h3-9H,10H2,1-2H3,(H2,23,25,27). The maximum absolute atomic E-state index is 14.2. The maximum Gasteiger partial charge on any atom is 0.204 e. The van der Waals surface area contributed by atoms with Gasteiger partial charge in [-0.25, -0.2) is 19.0 Å². The van der Waals surface area contributed by atoms with E-state index in [-0.39, 0.29) is 24.0 Å². The van der Waals surface area contributed by atoms with Crippen LogP contribution in [-0.2, 0) is 6.54 Å². The Balaban J connectivity index is 1.61. The molecule has 154 valence electrons. The Bertz CT molecular complexity index is 1400. The lowest BCUT2D eigenvalue weighted by Crippen LogP contribution is -2.06. The topological polar surface area (TPSA) is 121 Å². The van der Waals surface area contributed by atoms with E-state index >= 15 is 0 Å². The van der Waals surface area contributed by atoms with Gasteiger partial charge in [-0.15, -0.1) is 10.2 Å². The van der Waals surface area contributed by atoms with Crippen LogP contribution in [0.1, 0.15) is 17.0 Å². The van der Waals surface area contributed by atoms with Crippen LogP contribution < -0.4 is 5.73 Å². The average molecular weight is 416 g/mol. The smallest absolute Gasteiger partial charge is 0.204 e. The highest BCUT2D eigenvalue weighted by Crippen LogP contribution is 2.30. The van der Waals surface area contributed by atoms with E-state index in [2.05, 4.69) is 30.4 Å². The zero-order valence-electron chi connectivity index (χ0n) is 16.7. The minimum Gasteiger partial charge on any atom is -0.382 e. The number of pyridine rings is 1. The number of benzene rings is 1. The average Bonchev–Trinajstić information content (AvgIpc) is 3.30. The molecule has 0 saturated carbocycles. The highest BCUT2D eigenvalue weighted by molar-refractivity contribution is 5.89. The van der Waals surface area contributed by atoms with E-state index in [4.69, 9.17) is 10.3 Å². The van der Waals surface area contributed by atoms with Crippen molar-refractivity contribution >= 4 is 16.9 Å². The maximum atomic E-state index is 14.2. The van der Waals surface area contributed by atoms with Crippen molar-refractivity contribution in [1.29, 1.82) is 0 Å². The van der Waals surface area contributed by atoms with Crippen molar-refractivity contribution in [3.63, 3.8) is 0 Å². The molecule has 4 aromatic heterocycles. The van der Waals surface area contributed by atoms with Crippen molar-refractivity contribution in [3.05, 3.63) is 65.4 Å². The van der Waals surface area contributed by atoms with E-state index in [1.165, 1.54) is 6.07 Å². The van der Waals surface area contributed by atoms with Gasteiger partial charge in [0.05, 0.1) is 23.2 Å². The Morgan fingerprint density at radius 3 is 2.65 bits per heavy atom. The Kier molecular flexibility index (Phi) is 4.39. The van der Waals surface area contributed by atoms with Crippen LogP contribution in [-0.4, -0.2) is 35.1 Å². The summed E-state index contributed by atoms with van der Waals surface area (Å²) in [6.07, 6.45) is 1.65. The normalized spacial score (nSPS) is 11.3. The third kappa shape index (κ3) is 3.18. The van der Waals surface area contributed by atoms with Crippen LogP contribution in [0.4, 0.5) is 10.2 Å². The minimum absolute atomic E-state index is 0.181. The first-order valence-corrected chi connectivity index (χ1v) is 9.51. The van der Waals surface area contributed by atoms with Crippen LogP contribution in [0.3, 0.4) is 0 Å². The van der Waals surface area contributed by atoms with E-state index in [1.807, 2.05) is 6.07 Å². The molecule has 0 aliphatic rings. The summed E-state index contributed by atoms with van der Waals surface area (Å²) in [6, 6.07) is 10.2. The summed E-state index contributed by atoms with van der Waals surface area (Å²) in [7, 11) is 0. The van der Waals surface area contributed by atoms with Gasteiger partial charge in [-0.05, 0) is 32.0 Å². The molecule has 31 heavy (non-hydrogen) atoms. The zero-order chi connectivity index (χ0) is 21.5. The molecule has 0 radical (unpaired) electrons. The second kappa shape index (κ2) is 7.24. The lowest BCUT2D eigenvalue weighted by atomic mass is 10.1. The number of nitrogens with two attached hydrogens (primary N) is 1. The number of anilines is 1. The number of hydrogen-bond donors (Lipinski definition) is 1. The summed E-state index contributed by atoms with van der Waals surface area (Å²) >= 11 is 0. The molecule has 4 heterocycles. The second-order valence-corrected chi connectivity index (χ2v) is 7.04. The molecule has 1 aromatic carbocycles. The van der Waals surface area contributed by atoms with Gasteiger partial charge in [0.25, 0.3) is 0 Å². The fourth-order valence-corrected chi connectivity index (χ4v) is 3.51. The SMILES string of the molecule is Cc1noc(C)c1-c1nnc(-c2nn(Cc3ccccc3F)c3ncccc23)nc1N. The van der Waals surface area contributed by atoms with E-state index in [1.54, 1.807) is 49.0 Å². The first-order chi connectivity index (χ1) is 15.0. The monoisotopic (exact) mass is 416 g/mol. The zero-order valence-corrected chi connectivity index (χ0v) is 16.7. The molecule has 5 aromatic rings. The van der Waals surface area contributed by atoms with Gasteiger partial charge in [-0.3, -0.25) is 0 Å². The van der Waals surface area contributed by atoms with Gasteiger partial charge in [-0.1, -0.05) is 23.4 Å². The van der Waals surface area contributed by atoms with Crippen molar-refractivity contribution in [2.75, 3.05) is 5.73 Å². The largest absolute Gasteiger partial charge is 0.382 e. The Labute approximate surface area is 175 Å². The Hall–Kier alpha value is -4.21. The van der Waals surface area contributed by atoms with Crippen LogP contribution in [0.5, 0.6) is 0 Å². The van der Waals surface area contributed by atoms with E-state index < -0.39 is 0 Å². The lowest BCUT2D eigenvalue weighted by Gasteiger charge is -2.04. The molecule has 0 bridgehead atoms. The lowest BCUT2D eigenvalue weighted by molar-refractivity contribution is 0.393. The number of rotatable bonds is 4. The van der Waals surface area contributed by atoms with Crippen LogP contribution in [0.15, 0.2) is 47.1 Å². The Morgan fingerprint density at radius 1 is 1.06 bits per heavy atom. The molecular weight excluding hydrogens is 399 g/mol. The van der Waals surface area contributed by atoms with E-state index in [0.717, 1.165) is 0 Å². The molecular formula is C21H17FN8O. The number of hydrogen-bond acceptors (Lipinski definition) is 8. The van der Waals surface area contributed by atoms with Gasteiger partial charge in [0.2, 0.25) is 5.82 Å². The molecule has 0 saturated heterocycles. The third-order valence-electron chi connectivity index (χ3n) is 4.98. The number of nitrogens with zero attached hydrogens (tertiary/aromatic N) is 7. The Morgan fingerprint density at radius 2 is 1.90 bits per heavy atom. The van der Waals surface area contributed by atoms with Crippen LogP contribution >= 0.6 is 0 Å². The third-order valence-corrected chi connectivity index (χ3v) is 4.98. The number of fused-ring (bicyclic) bond motifs is 1. The summed E-state index contributed by atoms with van der Waals surface area (Å²) in [6.45, 7) is 3.78. The van der Waals surface area contributed by atoms with E-state index in [9.17, 15) is 4.39 Å². The van der Waals surface area contributed by atoms with Crippen LogP contribution in [0.25, 0.3) is 33.8 Å². The first kappa shape index (κ1) is 18.8. The summed E-state index contributed by atoms with van der Waals surface area (Å²) in [5.41, 5.74) is 9.45. The van der Waals surface area contributed by atoms with Crippen LogP contribution in [0.2, 0.25) is 0 Å². The van der Waals surface area contributed by atoms with Crippen molar-refractivity contribution in [3.8, 4) is 22.8 Å². The fourth-order valence-electron chi connectivity index (χ4n) is 3.51. The van der Waals surface area contributed by atoms with Gasteiger partial charge < -0.3 is 10.3 Å². The molecule has 0 unspecified atom stereocenters. The summed E-state index contributed by atoms with van der Waals surface area (Å²) in [5.74, 6) is 0.699. The van der Waals surface area contributed by atoms with Crippen molar-refractivity contribution in [1.82, 2.24) is 35.1 Å². The minimum atomic E-state index is -0.311. The molecule has 0 aliphatic heterocycles. The fraction of sp³-hybridized carbons (Fsp3) is 0.143. The molecule has 0 atom stereocenters. The molecule has 0 amide bonds. The van der Waals surface area contributed by atoms with Gasteiger partial charge in [0, 0.05) is 11.8 Å². The summed E-state index contributed by atoms with van der Waals surface area (Å²) in [5, 5.41) is 17.8. The predicted octanol–water partition coefficient (Wildman–Crippen LogP) is 3.32. The van der Waals surface area contributed by atoms with Crippen molar-refractivity contribution < 1.29 is 8.91 Å². The predicted molar refractivity (Wildman–Crippen MR) is 111 cm³/mol. The first-order valence-electron chi connectivity index (χ1n) is 9.51. The highest BCUT2D eigenvalue weighted by atomic mass is 19.1. The molecule has 5 rings (SSSR count). The molecule has 9 nitrogen and oxygen atoms in total. The quantitative estimate of drug-likeness (QED) is 0.473. The van der Waals surface area contributed by atoms with Crippen LogP contribution in [0, 0.1) is 19.7 Å². The highest BCUT2D eigenvalue weighted by Gasteiger charge is 2.21. The van der Waals surface area contributed by atoms with Crippen molar-refractivity contribution in [2.45, 2.75) is 20.4 Å². The van der Waals surface area contributed by atoms with Gasteiger partial charge in [0.15, 0.2) is 11.5 Å². The van der Waals surface area contributed by atoms with Gasteiger partial charge >= 0.3 is 0 Å². The molecule has 0 spiro atoms. The number of aryl methyl sites for hydroxylation is 2. The number of halogens is 1. The van der Waals surface area contributed by atoms with Gasteiger partial charge in [0.1, 0.15) is 23.0 Å². The summed E-state index contributed by atoms with van der Waals surface area (Å²) < 4.78 is 21.0. The summed E-state index contributed by atoms with van der Waals surface area (Å²) in [4.78, 5) is 8.83. The van der Waals surface area contributed by atoms with E-state index in [0.29, 0.717) is 45.0 Å². The van der Waals surface area contributed by atoms with Crippen molar-refractivity contribution in [2.24, 2.45) is 0 Å². The molecule has 0 fully saturated rings. The molecule has 0 aliphatic carbocycles.